The number of amides is 1. The maximum absolute atomic E-state index is 13.1. The molecular formula is C25H29N3O2S. The van der Waals surface area contributed by atoms with Crippen LogP contribution in [0.4, 0.5) is 17.1 Å². The van der Waals surface area contributed by atoms with E-state index < -0.39 is 0 Å². The molecule has 0 radical (unpaired) electrons. The van der Waals surface area contributed by atoms with Gasteiger partial charge in [-0.05, 0) is 117 Å². The van der Waals surface area contributed by atoms with Crippen LogP contribution in [-0.2, 0) is 4.79 Å². The van der Waals surface area contributed by atoms with Crippen LogP contribution < -0.4 is 20.7 Å². The van der Waals surface area contributed by atoms with Gasteiger partial charge < -0.3 is 20.7 Å². The van der Waals surface area contributed by atoms with Crippen molar-refractivity contribution in [3.8, 4) is 5.75 Å². The van der Waals surface area contributed by atoms with Crippen LogP contribution >= 0.6 is 12.2 Å². The van der Waals surface area contributed by atoms with E-state index in [0.29, 0.717) is 5.11 Å². The second-order valence-corrected chi connectivity index (χ2v) is 9.95. The van der Waals surface area contributed by atoms with Crippen LogP contribution in [0.25, 0.3) is 0 Å². The van der Waals surface area contributed by atoms with Gasteiger partial charge in [-0.15, -0.1) is 0 Å². The second-order valence-electron chi connectivity index (χ2n) is 9.54. The zero-order chi connectivity index (χ0) is 21.4. The van der Waals surface area contributed by atoms with E-state index in [9.17, 15) is 4.79 Å². The van der Waals surface area contributed by atoms with E-state index in [1.54, 1.807) is 7.11 Å². The molecule has 0 heterocycles. The van der Waals surface area contributed by atoms with Crippen molar-refractivity contribution in [3.63, 3.8) is 0 Å². The van der Waals surface area contributed by atoms with E-state index in [0.717, 1.165) is 59.8 Å². The van der Waals surface area contributed by atoms with Crippen LogP contribution in [0.3, 0.4) is 0 Å². The van der Waals surface area contributed by atoms with Gasteiger partial charge in [0.1, 0.15) is 5.75 Å². The molecule has 2 aromatic carbocycles. The van der Waals surface area contributed by atoms with Crippen LogP contribution in [0, 0.1) is 23.2 Å². The Balaban J connectivity index is 1.16. The highest BCUT2D eigenvalue weighted by molar-refractivity contribution is 7.80. The number of rotatable bonds is 5. The minimum atomic E-state index is -0.188. The van der Waals surface area contributed by atoms with Gasteiger partial charge in [0.15, 0.2) is 5.11 Å². The third-order valence-corrected chi connectivity index (χ3v) is 7.47. The molecule has 1 amide bonds. The monoisotopic (exact) mass is 435 g/mol. The number of ether oxygens (including phenoxy) is 1. The van der Waals surface area contributed by atoms with Crippen molar-refractivity contribution in [2.45, 2.75) is 38.5 Å². The molecule has 4 bridgehead atoms. The summed E-state index contributed by atoms with van der Waals surface area (Å²) in [7, 11) is 1.66. The number of hydrogen-bond acceptors (Lipinski definition) is 4. The number of hydrogen-bond donors (Lipinski definition) is 3. The molecule has 2 aromatic rings. The lowest BCUT2D eigenvalue weighted by atomic mass is 9.49. The van der Waals surface area contributed by atoms with Crippen molar-refractivity contribution in [1.29, 1.82) is 0 Å². The van der Waals surface area contributed by atoms with Gasteiger partial charge in [0.05, 0.1) is 12.5 Å². The number of carbonyl (C=O) groups excluding carboxylic acids is 1. The number of carbonyl (C=O) groups is 1. The molecule has 4 saturated carbocycles. The van der Waals surface area contributed by atoms with Crippen molar-refractivity contribution in [1.82, 2.24) is 5.32 Å². The second kappa shape index (κ2) is 8.15. The smallest absolute Gasteiger partial charge is 0.232 e. The van der Waals surface area contributed by atoms with Crippen molar-refractivity contribution in [2.75, 3.05) is 17.7 Å². The molecule has 0 atom stereocenters. The Hall–Kier alpha value is -2.60. The van der Waals surface area contributed by atoms with Gasteiger partial charge in [0.2, 0.25) is 5.91 Å². The van der Waals surface area contributed by atoms with Gasteiger partial charge in [-0.3, -0.25) is 4.79 Å². The summed E-state index contributed by atoms with van der Waals surface area (Å²) in [6.45, 7) is 0. The first kappa shape index (κ1) is 20.3. The molecule has 4 fully saturated rings. The van der Waals surface area contributed by atoms with Crippen molar-refractivity contribution < 1.29 is 9.53 Å². The summed E-state index contributed by atoms with van der Waals surface area (Å²) in [6.07, 6.45) is 7.10. The molecule has 4 aliphatic rings. The van der Waals surface area contributed by atoms with Crippen LogP contribution in [0.2, 0.25) is 0 Å². The Bertz CT molecular complexity index is 936. The molecule has 31 heavy (non-hydrogen) atoms. The molecule has 5 nitrogen and oxygen atoms in total. The number of benzene rings is 2. The predicted molar refractivity (Wildman–Crippen MR) is 128 cm³/mol. The first-order chi connectivity index (χ1) is 15.0. The molecule has 4 aliphatic carbocycles. The molecule has 3 N–H and O–H groups in total. The normalized spacial score (nSPS) is 28.1. The van der Waals surface area contributed by atoms with Crippen LogP contribution in [0.15, 0.2) is 48.5 Å². The molecular weight excluding hydrogens is 406 g/mol. The maximum Gasteiger partial charge on any atom is 0.232 e. The zero-order valence-corrected chi connectivity index (χ0v) is 18.6. The van der Waals surface area contributed by atoms with Crippen LogP contribution in [0.1, 0.15) is 38.5 Å². The number of nitrogens with one attached hydrogen (secondary N) is 3. The van der Waals surface area contributed by atoms with E-state index in [2.05, 4.69) is 16.0 Å². The van der Waals surface area contributed by atoms with Gasteiger partial charge in [-0.1, -0.05) is 0 Å². The summed E-state index contributed by atoms with van der Waals surface area (Å²) in [5.74, 6) is 3.17. The lowest BCUT2D eigenvalue weighted by molar-refractivity contribution is -0.144. The molecule has 0 aromatic heterocycles. The highest BCUT2D eigenvalue weighted by atomic mass is 32.1. The average Bonchev–Trinajstić information content (AvgIpc) is 2.75. The third-order valence-electron chi connectivity index (χ3n) is 7.27. The van der Waals surface area contributed by atoms with Gasteiger partial charge in [-0.25, -0.2) is 0 Å². The summed E-state index contributed by atoms with van der Waals surface area (Å²) >= 11 is 5.46. The first-order valence-electron chi connectivity index (χ1n) is 11.1. The molecule has 0 spiro atoms. The Morgan fingerprint density at radius 2 is 1.35 bits per heavy atom. The van der Waals surface area contributed by atoms with Gasteiger partial charge in [0.25, 0.3) is 0 Å². The Labute approximate surface area is 188 Å². The summed E-state index contributed by atoms with van der Waals surface area (Å²) in [6, 6.07) is 15.7. The van der Waals surface area contributed by atoms with Crippen molar-refractivity contribution in [3.05, 3.63) is 48.5 Å². The molecule has 6 heteroatoms. The predicted octanol–water partition coefficient (Wildman–Crippen LogP) is 5.47. The summed E-state index contributed by atoms with van der Waals surface area (Å²) in [5.41, 5.74) is 2.63. The summed E-state index contributed by atoms with van der Waals surface area (Å²) < 4.78 is 5.19. The largest absolute Gasteiger partial charge is 0.497 e. The highest BCUT2D eigenvalue weighted by Gasteiger charge is 2.54. The minimum Gasteiger partial charge on any atom is -0.497 e. The lowest BCUT2D eigenvalue weighted by Crippen LogP contribution is -2.55. The van der Waals surface area contributed by atoms with Gasteiger partial charge in [-0.2, -0.15) is 0 Å². The number of methoxy groups -OCH3 is 1. The molecule has 0 aliphatic heterocycles. The van der Waals surface area contributed by atoms with E-state index >= 15 is 0 Å². The number of thiocarbonyl (C=S) groups is 1. The first-order valence-corrected chi connectivity index (χ1v) is 11.6. The quantitative estimate of drug-likeness (QED) is 0.544. The fraction of sp³-hybridized carbons (Fsp3) is 0.440. The van der Waals surface area contributed by atoms with E-state index in [1.807, 2.05) is 48.5 Å². The number of anilines is 3. The average molecular weight is 436 g/mol. The summed E-state index contributed by atoms with van der Waals surface area (Å²) in [5, 5.41) is 9.91. The fourth-order valence-corrected chi connectivity index (χ4v) is 6.48. The van der Waals surface area contributed by atoms with Crippen LogP contribution in [0.5, 0.6) is 5.75 Å². The molecule has 0 unspecified atom stereocenters. The van der Waals surface area contributed by atoms with Crippen molar-refractivity contribution in [2.24, 2.45) is 23.2 Å². The molecule has 0 saturated heterocycles. The van der Waals surface area contributed by atoms with Gasteiger partial charge >= 0.3 is 0 Å². The lowest BCUT2D eigenvalue weighted by Gasteiger charge is -2.55. The topological polar surface area (TPSA) is 62.4 Å². The Kier molecular flexibility index (Phi) is 5.34. The van der Waals surface area contributed by atoms with Gasteiger partial charge in [0, 0.05) is 17.1 Å². The standard InChI is InChI=1S/C25H29N3O2S/c1-30-22-8-6-20(7-9-22)26-19-2-4-21(5-3-19)27-24(31)28-23(29)25-13-16-10-17(14-25)12-18(11-16)15-25/h2-9,16-18,26H,10-15H2,1H3,(H2,27,28,29,31). The van der Waals surface area contributed by atoms with E-state index in [4.69, 9.17) is 17.0 Å². The third kappa shape index (κ3) is 4.26. The minimum absolute atomic E-state index is 0.127. The fourth-order valence-electron chi connectivity index (χ4n) is 6.26. The summed E-state index contributed by atoms with van der Waals surface area (Å²) in [4.78, 5) is 13.1. The molecule has 6 rings (SSSR count). The SMILES string of the molecule is COc1ccc(Nc2ccc(NC(=S)NC(=O)C34CC5CC(CC(C5)C3)C4)cc2)cc1. The Morgan fingerprint density at radius 3 is 1.87 bits per heavy atom. The van der Waals surface area contributed by atoms with E-state index in [-0.39, 0.29) is 11.3 Å². The zero-order valence-electron chi connectivity index (χ0n) is 17.8. The van der Waals surface area contributed by atoms with E-state index in [1.165, 1.54) is 19.3 Å². The molecule has 162 valence electrons. The Morgan fingerprint density at radius 1 is 0.871 bits per heavy atom. The van der Waals surface area contributed by atoms with Crippen molar-refractivity contribution >= 4 is 40.3 Å². The highest BCUT2D eigenvalue weighted by Crippen LogP contribution is 2.60. The maximum atomic E-state index is 13.1. The van der Waals surface area contributed by atoms with Crippen LogP contribution in [-0.4, -0.2) is 18.1 Å².